The molecular weight excluding hydrogens is 442 g/mol. The van der Waals surface area contributed by atoms with Gasteiger partial charge in [0.1, 0.15) is 6.54 Å². The Morgan fingerprint density at radius 2 is 0.727 bits per heavy atom. The van der Waals surface area contributed by atoms with E-state index in [4.69, 9.17) is 23.7 Å². The van der Waals surface area contributed by atoms with E-state index in [9.17, 15) is 0 Å². The van der Waals surface area contributed by atoms with Gasteiger partial charge < -0.3 is 9.59 Å². The van der Waals surface area contributed by atoms with Crippen LogP contribution in [0.4, 0.5) is 0 Å². The quantitative estimate of drug-likeness (QED) is 0.172. The van der Waals surface area contributed by atoms with Crippen molar-refractivity contribution >= 4 is 0 Å². The minimum absolute atomic E-state index is 0.312. The third-order valence-electron chi connectivity index (χ3n) is 6.32. The number of aliphatic hydroxyl groups excluding tert-OH is 1. The Morgan fingerprint density at radius 3 is 0.970 bits per heavy atom. The lowest BCUT2D eigenvalue weighted by atomic mass is 10.0. The molecule has 1 N–H and O–H groups in total. The lowest BCUT2D eigenvalue weighted by Gasteiger charge is -2.28. The largest absolute Gasteiger partial charge is 0.391 e. The van der Waals surface area contributed by atoms with Crippen LogP contribution in [-0.4, -0.2) is 43.4 Å². The van der Waals surface area contributed by atoms with E-state index in [0.29, 0.717) is 6.61 Å². The predicted octanol–water partition coefficient (Wildman–Crippen LogP) is 3.12. The molecule has 0 aliphatic heterocycles. The van der Waals surface area contributed by atoms with Crippen molar-refractivity contribution < 1.29 is 38.5 Å². The van der Waals surface area contributed by atoms with E-state index < -0.39 is 10.2 Å². The van der Waals surface area contributed by atoms with Crippen molar-refractivity contribution in [1.82, 2.24) is 0 Å². The Balaban J connectivity index is 0. The van der Waals surface area contributed by atoms with Crippen molar-refractivity contribution in [3.8, 4) is 0 Å². The number of hydrogen-bond donors (Lipinski definition) is 1. The number of likely N-dealkylation sites (N-methyl/N-ethyl adjacent to an activating group) is 1. The molecule has 0 unspecified atom stereocenters. The zero-order chi connectivity index (χ0) is 25.3. The molecule has 0 rings (SSSR count). The Kier molecular flexibility index (Phi) is 26.8. The lowest BCUT2D eigenvalue weighted by molar-refractivity contribution is -2.00. The fraction of sp³-hybridized carbons (Fsp3) is 1.00. The van der Waals surface area contributed by atoms with E-state index in [0.717, 1.165) is 11.0 Å². The Hall–Kier alpha value is 0.0500. The third-order valence-corrected chi connectivity index (χ3v) is 6.32. The first-order valence-electron chi connectivity index (χ1n) is 13.7. The van der Waals surface area contributed by atoms with Gasteiger partial charge in [0.15, 0.2) is 0 Å². The van der Waals surface area contributed by atoms with Crippen LogP contribution >= 0.6 is 0 Å². The van der Waals surface area contributed by atoms with Crippen LogP contribution in [0.15, 0.2) is 0 Å². The zero-order valence-electron chi connectivity index (χ0n) is 22.2. The molecule has 0 aromatic heterocycles. The molecule has 0 atom stereocenters. The average Bonchev–Trinajstić information content (AvgIpc) is 2.71. The Bertz CT molecular complexity index is 372. The van der Waals surface area contributed by atoms with Crippen LogP contribution in [-0.2, 0) is 0 Å². The van der Waals surface area contributed by atoms with Crippen LogP contribution < -0.4 is 18.6 Å². The van der Waals surface area contributed by atoms with Crippen LogP contribution in [0.1, 0.15) is 135 Å². The van der Waals surface area contributed by atoms with Gasteiger partial charge in [0.05, 0.1) is 27.2 Å². The van der Waals surface area contributed by atoms with Crippen molar-refractivity contribution in [3.05, 3.63) is 0 Å². The first-order chi connectivity index (χ1) is 15.6. The summed E-state index contributed by atoms with van der Waals surface area (Å²) < 4.78 is 34.9. The van der Waals surface area contributed by atoms with Crippen LogP contribution in [0.25, 0.3) is 0 Å². The maximum atomic E-state index is 9.05. The number of hydrogen-bond acceptors (Lipinski definition) is 5. The standard InChI is InChI=1S/C26H56NO.ClHO4/c1-4-5-6-7-8-9-10-11-12-13-14-15-16-17-18-19-20-21-22-23-24-27(2,3)25-26-28;2-1(3,4)5/h28H,4-26H2,1-3H3;(H,2,3,4,5)/q+1;/p-1. The van der Waals surface area contributed by atoms with Gasteiger partial charge in [-0.2, -0.15) is 0 Å². The van der Waals surface area contributed by atoms with Crippen molar-refractivity contribution in [3.63, 3.8) is 0 Å². The van der Waals surface area contributed by atoms with Crippen molar-refractivity contribution in [2.75, 3.05) is 33.8 Å². The molecule has 0 aliphatic rings. The zero-order valence-corrected chi connectivity index (χ0v) is 22.9. The smallest absolute Gasteiger partial charge is 0.102 e. The van der Waals surface area contributed by atoms with Gasteiger partial charge in [-0.1, -0.05) is 122 Å². The van der Waals surface area contributed by atoms with Gasteiger partial charge in [0, 0.05) is 0 Å². The van der Waals surface area contributed by atoms with Crippen molar-refractivity contribution in [2.24, 2.45) is 0 Å². The molecule has 33 heavy (non-hydrogen) atoms. The maximum absolute atomic E-state index is 9.05. The summed E-state index contributed by atoms with van der Waals surface area (Å²) in [6.07, 6.45) is 28.8. The second-order valence-electron chi connectivity index (χ2n) is 10.2. The molecule has 202 valence electrons. The lowest BCUT2D eigenvalue weighted by Crippen LogP contribution is -2.68. The van der Waals surface area contributed by atoms with Crippen molar-refractivity contribution in [2.45, 2.75) is 135 Å². The van der Waals surface area contributed by atoms with Gasteiger partial charge in [-0.3, -0.25) is 0 Å². The highest BCUT2D eigenvalue weighted by molar-refractivity contribution is 4.51. The SMILES string of the molecule is CCCCCCCCCCCCCCCCCCCCCC[N+](C)(C)CCO.[O-][Cl+3]([O-])([O-])[O-]. The number of unbranched alkanes of at least 4 members (excludes halogenated alkanes) is 19. The topological polar surface area (TPSA) is 112 Å². The Labute approximate surface area is 207 Å². The molecule has 0 heterocycles. The molecule has 0 fully saturated rings. The summed E-state index contributed by atoms with van der Waals surface area (Å²) in [4.78, 5) is 0. The van der Waals surface area contributed by atoms with E-state index in [1.165, 1.54) is 135 Å². The molecule has 0 aromatic rings. The van der Waals surface area contributed by atoms with Gasteiger partial charge in [0.2, 0.25) is 0 Å². The fourth-order valence-electron chi connectivity index (χ4n) is 4.18. The summed E-state index contributed by atoms with van der Waals surface area (Å²) in [5.41, 5.74) is 0. The van der Waals surface area contributed by atoms with Gasteiger partial charge >= 0.3 is 0 Å². The number of halogens is 1. The van der Waals surface area contributed by atoms with Gasteiger partial charge in [-0.15, -0.1) is 10.2 Å². The Morgan fingerprint density at radius 1 is 0.485 bits per heavy atom. The molecule has 0 aromatic carbocycles. The highest BCUT2D eigenvalue weighted by Crippen LogP contribution is 2.15. The molecule has 0 bridgehead atoms. The van der Waals surface area contributed by atoms with Crippen LogP contribution in [0.3, 0.4) is 0 Å². The normalized spacial score (nSPS) is 12.0. The highest BCUT2D eigenvalue weighted by atomic mass is 35.7. The molecule has 0 amide bonds. The fourth-order valence-corrected chi connectivity index (χ4v) is 4.18. The molecule has 0 aliphatic carbocycles. The number of quaternary nitrogens is 1. The summed E-state index contributed by atoms with van der Waals surface area (Å²) in [5, 5.41) is 9.05. The number of aliphatic hydroxyl groups is 1. The predicted molar refractivity (Wildman–Crippen MR) is 127 cm³/mol. The summed E-state index contributed by atoms with van der Waals surface area (Å²) in [6.45, 7) is 4.70. The third kappa shape index (κ3) is 39.6. The summed E-state index contributed by atoms with van der Waals surface area (Å²) in [6, 6.07) is 0. The first kappa shape index (κ1) is 35.2. The van der Waals surface area contributed by atoms with E-state index >= 15 is 0 Å². The average molecular weight is 498 g/mol. The van der Waals surface area contributed by atoms with Crippen molar-refractivity contribution in [1.29, 1.82) is 0 Å². The molecule has 0 saturated heterocycles. The van der Waals surface area contributed by atoms with Gasteiger partial charge in [-0.05, 0) is 12.8 Å². The molecule has 0 radical (unpaired) electrons. The monoisotopic (exact) mass is 497 g/mol. The first-order valence-corrected chi connectivity index (χ1v) is 14.9. The molecule has 6 nitrogen and oxygen atoms in total. The number of rotatable bonds is 23. The molecule has 7 heteroatoms. The van der Waals surface area contributed by atoms with E-state index in [1.807, 2.05) is 0 Å². The second kappa shape index (κ2) is 25.2. The van der Waals surface area contributed by atoms with E-state index in [1.54, 1.807) is 0 Å². The summed E-state index contributed by atoms with van der Waals surface area (Å²) >= 11 is 0. The van der Waals surface area contributed by atoms with Crippen LogP contribution in [0, 0.1) is 10.2 Å². The minimum Gasteiger partial charge on any atom is -0.391 e. The van der Waals surface area contributed by atoms with Gasteiger partial charge in [0.25, 0.3) is 0 Å². The van der Waals surface area contributed by atoms with E-state index in [-0.39, 0.29) is 0 Å². The van der Waals surface area contributed by atoms with E-state index in [2.05, 4.69) is 21.0 Å². The molecule has 0 spiro atoms. The van der Waals surface area contributed by atoms with Gasteiger partial charge in [-0.25, -0.2) is 18.6 Å². The molecule has 0 saturated carbocycles. The van der Waals surface area contributed by atoms with Crippen LogP contribution in [0.5, 0.6) is 0 Å². The second-order valence-corrected chi connectivity index (χ2v) is 11.0. The van der Waals surface area contributed by atoms with Crippen LogP contribution in [0.2, 0.25) is 0 Å². The minimum atomic E-state index is -4.94. The highest BCUT2D eigenvalue weighted by Gasteiger charge is 2.12. The maximum Gasteiger partial charge on any atom is 0.102 e. The summed E-state index contributed by atoms with van der Waals surface area (Å²) in [7, 11) is -0.488. The summed E-state index contributed by atoms with van der Waals surface area (Å²) in [5.74, 6) is 0. The molecular formula is C26H56ClNO5. The number of nitrogens with zero attached hydrogens (tertiary/aromatic N) is 1.